The van der Waals surface area contributed by atoms with E-state index < -0.39 is 11.8 Å². The van der Waals surface area contributed by atoms with Crippen molar-refractivity contribution in [2.24, 2.45) is 0 Å². The molecule has 1 atom stereocenters. The smallest absolute Gasteiger partial charge is 0.259 e. The summed E-state index contributed by atoms with van der Waals surface area (Å²) in [6, 6.07) is 17.8. The summed E-state index contributed by atoms with van der Waals surface area (Å²) in [5, 5.41) is 12.0. The van der Waals surface area contributed by atoms with Gasteiger partial charge >= 0.3 is 0 Å². The molecular formula is C21H20N2O4. The number of hydrogen-bond donors (Lipinski definition) is 3. The predicted octanol–water partition coefficient (Wildman–Crippen LogP) is 3.79. The molecule has 0 aliphatic heterocycles. The number of rotatable bonds is 5. The summed E-state index contributed by atoms with van der Waals surface area (Å²) in [6.45, 7) is 3.51. The molecule has 1 heterocycles. The van der Waals surface area contributed by atoms with Crippen LogP contribution in [0.3, 0.4) is 0 Å². The van der Waals surface area contributed by atoms with Gasteiger partial charge in [-0.05, 0) is 43.2 Å². The van der Waals surface area contributed by atoms with Gasteiger partial charge in [-0.3, -0.25) is 14.8 Å². The molecule has 0 saturated heterocycles. The SMILES string of the molecule is Cc1cc(C(=O)Nc2cccc(C(C(=O)NO)c3ccccc3)c2)c(C)o1. The Bertz CT molecular complexity index is 963. The normalized spacial score (nSPS) is 11.7. The van der Waals surface area contributed by atoms with Crippen molar-refractivity contribution in [3.63, 3.8) is 0 Å². The summed E-state index contributed by atoms with van der Waals surface area (Å²) in [6.07, 6.45) is 0. The number of anilines is 1. The number of amides is 2. The van der Waals surface area contributed by atoms with Gasteiger partial charge in [-0.1, -0.05) is 42.5 Å². The first-order chi connectivity index (χ1) is 13.0. The van der Waals surface area contributed by atoms with E-state index >= 15 is 0 Å². The van der Waals surface area contributed by atoms with Crippen molar-refractivity contribution >= 4 is 17.5 Å². The molecule has 0 aliphatic rings. The number of benzene rings is 2. The Morgan fingerprint density at radius 1 is 0.963 bits per heavy atom. The molecule has 3 rings (SSSR count). The summed E-state index contributed by atoms with van der Waals surface area (Å²) >= 11 is 0. The number of carbonyl (C=O) groups excluding carboxylic acids is 2. The van der Waals surface area contributed by atoms with Gasteiger partial charge in [0.1, 0.15) is 11.5 Å². The molecule has 6 heteroatoms. The van der Waals surface area contributed by atoms with Crippen molar-refractivity contribution < 1.29 is 19.2 Å². The van der Waals surface area contributed by atoms with E-state index in [0.29, 0.717) is 28.3 Å². The predicted molar refractivity (Wildman–Crippen MR) is 101 cm³/mol. The largest absolute Gasteiger partial charge is 0.466 e. The Morgan fingerprint density at radius 2 is 1.67 bits per heavy atom. The van der Waals surface area contributed by atoms with Crippen LogP contribution in [0.5, 0.6) is 0 Å². The number of hydroxylamine groups is 1. The first-order valence-corrected chi connectivity index (χ1v) is 8.47. The molecule has 3 N–H and O–H groups in total. The summed E-state index contributed by atoms with van der Waals surface area (Å²) < 4.78 is 5.40. The van der Waals surface area contributed by atoms with Crippen LogP contribution in [0.4, 0.5) is 5.69 Å². The molecule has 27 heavy (non-hydrogen) atoms. The Labute approximate surface area is 156 Å². The summed E-state index contributed by atoms with van der Waals surface area (Å²) in [5.41, 5.74) is 4.10. The van der Waals surface area contributed by atoms with Gasteiger partial charge in [0.25, 0.3) is 11.8 Å². The molecule has 1 unspecified atom stereocenters. The monoisotopic (exact) mass is 364 g/mol. The third kappa shape index (κ3) is 4.07. The maximum Gasteiger partial charge on any atom is 0.259 e. The highest BCUT2D eigenvalue weighted by Gasteiger charge is 2.23. The number of aryl methyl sites for hydroxylation is 2. The third-order valence-corrected chi connectivity index (χ3v) is 4.27. The van der Waals surface area contributed by atoms with E-state index in [1.54, 1.807) is 49.7 Å². The third-order valence-electron chi connectivity index (χ3n) is 4.27. The molecule has 2 amide bonds. The molecule has 0 fully saturated rings. The molecule has 1 aromatic heterocycles. The minimum atomic E-state index is -0.703. The maximum atomic E-state index is 12.5. The molecule has 0 spiro atoms. The fraction of sp³-hybridized carbons (Fsp3) is 0.143. The van der Waals surface area contributed by atoms with Crippen LogP contribution in [0, 0.1) is 13.8 Å². The Hall–Kier alpha value is -3.38. The Balaban J connectivity index is 1.90. The van der Waals surface area contributed by atoms with Crippen LogP contribution in [0.2, 0.25) is 0 Å². The molecular weight excluding hydrogens is 344 g/mol. The van der Waals surface area contributed by atoms with Crippen molar-refractivity contribution in [1.82, 2.24) is 5.48 Å². The quantitative estimate of drug-likeness (QED) is 0.474. The van der Waals surface area contributed by atoms with Crippen molar-refractivity contribution in [3.05, 3.63) is 88.9 Å². The second-order valence-electron chi connectivity index (χ2n) is 6.23. The standard InChI is InChI=1S/C21H20N2O4/c1-13-11-18(14(2)27-13)20(24)22-17-10-6-9-16(12-17)19(21(25)23-26)15-7-4-3-5-8-15/h3-12,19,26H,1-2H3,(H,22,24)(H,23,25). The molecule has 138 valence electrons. The zero-order valence-corrected chi connectivity index (χ0v) is 15.0. The van der Waals surface area contributed by atoms with E-state index in [2.05, 4.69) is 5.32 Å². The van der Waals surface area contributed by atoms with Crippen LogP contribution < -0.4 is 10.8 Å². The van der Waals surface area contributed by atoms with Crippen LogP contribution in [0.25, 0.3) is 0 Å². The van der Waals surface area contributed by atoms with E-state index in [1.807, 2.05) is 30.3 Å². The van der Waals surface area contributed by atoms with E-state index in [1.165, 1.54) is 0 Å². The molecule has 0 aliphatic carbocycles. The van der Waals surface area contributed by atoms with Crippen LogP contribution >= 0.6 is 0 Å². The van der Waals surface area contributed by atoms with Crippen LogP contribution in [-0.4, -0.2) is 17.0 Å². The highest BCUT2D eigenvalue weighted by atomic mass is 16.5. The average molecular weight is 364 g/mol. The lowest BCUT2D eigenvalue weighted by atomic mass is 9.90. The Morgan fingerprint density at radius 3 is 2.30 bits per heavy atom. The van der Waals surface area contributed by atoms with Crippen LogP contribution in [-0.2, 0) is 4.79 Å². The van der Waals surface area contributed by atoms with Crippen LogP contribution in [0.1, 0.15) is 38.9 Å². The van der Waals surface area contributed by atoms with Gasteiger partial charge in [-0.25, -0.2) is 5.48 Å². The van der Waals surface area contributed by atoms with Crippen molar-refractivity contribution in [2.75, 3.05) is 5.32 Å². The highest BCUT2D eigenvalue weighted by molar-refractivity contribution is 6.05. The zero-order chi connectivity index (χ0) is 19.4. The van der Waals surface area contributed by atoms with E-state index in [-0.39, 0.29) is 5.91 Å². The minimum Gasteiger partial charge on any atom is -0.466 e. The summed E-state index contributed by atoms with van der Waals surface area (Å²) in [5.74, 6) is -0.334. The number of carbonyl (C=O) groups is 2. The van der Waals surface area contributed by atoms with E-state index in [9.17, 15) is 9.59 Å². The molecule has 2 aromatic carbocycles. The Kier molecular flexibility index (Phi) is 5.38. The van der Waals surface area contributed by atoms with Gasteiger partial charge in [-0.15, -0.1) is 0 Å². The number of nitrogens with one attached hydrogen (secondary N) is 2. The lowest BCUT2D eigenvalue weighted by molar-refractivity contribution is -0.129. The topological polar surface area (TPSA) is 91.6 Å². The molecule has 6 nitrogen and oxygen atoms in total. The van der Waals surface area contributed by atoms with Gasteiger partial charge in [0.05, 0.1) is 11.5 Å². The summed E-state index contributed by atoms with van der Waals surface area (Å²) in [7, 11) is 0. The van der Waals surface area contributed by atoms with E-state index in [4.69, 9.17) is 9.62 Å². The van der Waals surface area contributed by atoms with Gasteiger partial charge in [0, 0.05) is 5.69 Å². The van der Waals surface area contributed by atoms with Gasteiger partial charge in [-0.2, -0.15) is 0 Å². The van der Waals surface area contributed by atoms with Crippen molar-refractivity contribution in [2.45, 2.75) is 19.8 Å². The van der Waals surface area contributed by atoms with Gasteiger partial charge < -0.3 is 9.73 Å². The molecule has 0 bridgehead atoms. The minimum absolute atomic E-state index is 0.288. The second kappa shape index (κ2) is 7.88. The fourth-order valence-electron chi connectivity index (χ4n) is 3.06. The van der Waals surface area contributed by atoms with Crippen molar-refractivity contribution in [3.8, 4) is 0 Å². The van der Waals surface area contributed by atoms with Gasteiger partial charge in [0.15, 0.2) is 0 Å². The van der Waals surface area contributed by atoms with Crippen molar-refractivity contribution in [1.29, 1.82) is 0 Å². The lowest BCUT2D eigenvalue weighted by Gasteiger charge is -2.17. The second-order valence-corrected chi connectivity index (χ2v) is 6.23. The van der Waals surface area contributed by atoms with Gasteiger partial charge in [0.2, 0.25) is 0 Å². The molecule has 0 radical (unpaired) electrons. The fourth-order valence-corrected chi connectivity index (χ4v) is 3.06. The van der Waals surface area contributed by atoms with E-state index in [0.717, 1.165) is 5.56 Å². The molecule has 3 aromatic rings. The maximum absolute atomic E-state index is 12.5. The number of furan rings is 1. The first-order valence-electron chi connectivity index (χ1n) is 8.47. The van der Waals surface area contributed by atoms with Crippen LogP contribution in [0.15, 0.2) is 65.1 Å². The number of hydrogen-bond acceptors (Lipinski definition) is 4. The highest BCUT2D eigenvalue weighted by Crippen LogP contribution is 2.27. The first kappa shape index (κ1) is 18.4. The molecule has 0 saturated carbocycles. The lowest BCUT2D eigenvalue weighted by Crippen LogP contribution is -2.27. The zero-order valence-electron chi connectivity index (χ0n) is 15.0. The average Bonchev–Trinajstić information content (AvgIpc) is 3.01. The summed E-state index contributed by atoms with van der Waals surface area (Å²) in [4.78, 5) is 24.8.